The van der Waals surface area contributed by atoms with Gasteiger partial charge in [0.2, 0.25) is 0 Å². The molecule has 0 saturated carbocycles. The van der Waals surface area contributed by atoms with Crippen molar-refractivity contribution in [2.75, 3.05) is 19.7 Å². The van der Waals surface area contributed by atoms with Crippen molar-refractivity contribution in [2.45, 2.75) is 77.7 Å². The fourth-order valence-electron chi connectivity index (χ4n) is 5.23. The molecule has 1 aliphatic heterocycles. The highest BCUT2D eigenvalue weighted by molar-refractivity contribution is 7.82. The van der Waals surface area contributed by atoms with E-state index in [2.05, 4.69) is 35.7 Å². The predicted molar refractivity (Wildman–Crippen MR) is 128 cm³/mol. The number of nitrogens with zero attached hydrogens (tertiary/aromatic N) is 2. The maximum Gasteiger partial charge on any atom is 0.325 e. The lowest BCUT2D eigenvalue weighted by Gasteiger charge is -2.31. The van der Waals surface area contributed by atoms with Crippen molar-refractivity contribution in [2.24, 2.45) is 5.41 Å². The highest BCUT2D eigenvalue weighted by Crippen LogP contribution is 2.40. The molecule has 0 amide bonds. The van der Waals surface area contributed by atoms with Gasteiger partial charge in [0.1, 0.15) is 17.5 Å². The van der Waals surface area contributed by atoms with Crippen molar-refractivity contribution in [1.82, 2.24) is 8.87 Å². The molecule has 2 aliphatic rings. The number of carbonyl (C=O) groups is 1. The van der Waals surface area contributed by atoms with E-state index >= 15 is 0 Å². The van der Waals surface area contributed by atoms with Gasteiger partial charge in [-0.15, -0.1) is 0 Å². The summed E-state index contributed by atoms with van der Waals surface area (Å²) in [7, 11) is -1.12. The molecule has 6 heteroatoms. The lowest BCUT2D eigenvalue weighted by atomic mass is 9.75. The zero-order valence-electron chi connectivity index (χ0n) is 19.9. The highest BCUT2D eigenvalue weighted by Gasteiger charge is 2.32. The fourth-order valence-corrected chi connectivity index (χ4v) is 6.65. The molecule has 1 aromatic carbocycles. The lowest BCUT2D eigenvalue weighted by molar-refractivity contribution is -0.143. The summed E-state index contributed by atoms with van der Waals surface area (Å²) in [4.78, 5) is 13.3. The molecule has 2 heterocycles. The number of ether oxygens (including phenoxy) is 1. The monoisotopic (exact) mass is 456 g/mol. The standard InChI is InChI=1S/C26H36N2O3S/c1-5-31-25(29)18-28-19(2)21(22-17-26(3,4)13-12-23(22)28)16-20-10-6-7-11-24(20)32(30)27-14-8-9-15-27/h6-7,10-11H,5,8-9,12-18H2,1-4H3. The van der Waals surface area contributed by atoms with Crippen LogP contribution in [0.25, 0.3) is 0 Å². The van der Waals surface area contributed by atoms with E-state index in [1.165, 1.54) is 16.8 Å². The van der Waals surface area contributed by atoms with Gasteiger partial charge in [0.25, 0.3) is 0 Å². The van der Waals surface area contributed by atoms with Gasteiger partial charge in [0, 0.05) is 30.9 Å². The summed E-state index contributed by atoms with van der Waals surface area (Å²) in [5, 5.41) is 0. The summed E-state index contributed by atoms with van der Waals surface area (Å²) < 4.78 is 22.9. The van der Waals surface area contributed by atoms with Gasteiger partial charge < -0.3 is 9.30 Å². The Bertz CT molecular complexity index is 1020. The van der Waals surface area contributed by atoms with Gasteiger partial charge in [-0.1, -0.05) is 32.0 Å². The summed E-state index contributed by atoms with van der Waals surface area (Å²) in [6.45, 7) is 11.1. The van der Waals surface area contributed by atoms with Crippen LogP contribution in [0, 0.1) is 12.3 Å². The van der Waals surface area contributed by atoms with E-state index in [4.69, 9.17) is 4.74 Å². The van der Waals surface area contributed by atoms with Crippen LogP contribution >= 0.6 is 0 Å². The number of benzene rings is 1. The van der Waals surface area contributed by atoms with Crippen LogP contribution in [0.1, 0.15) is 68.1 Å². The molecule has 1 unspecified atom stereocenters. The van der Waals surface area contributed by atoms with Gasteiger partial charge in [-0.25, -0.2) is 8.51 Å². The zero-order valence-corrected chi connectivity index (χ0v) is 20.7. The van der Waals surface area contributed by atoms with E-state index in [0.717, 1.165) is 67.8 Å². The predicted octanol–water partition coefficient (Wildman–Crippen LogP) is 4.58. The van der Waals surface area contributed by atoms with Crippen molar-refractivity contribution in [3.05, 3.63) is 52.3 Å². The first-order chi connectivity index (χ1) is 15.3. The number of carbonyl (C=O) groups excluding carboxylic acids is 1. The molecule has 1 aliphatic carbocycles. The first-order valence-corrected chi connectivity index (χ1v) is 13.0. The van der Waals surface area contributed by atoms with E-state index in [0.29, 0.717) is 6.61 Å². The van der Waals surface area contributed by atoms with Crippen LogP contribution in [0.15, 0.2) is 29.2 Å². The second-order valence-electron chi connectivity index (χ2n) is 9.89. The minimum absolute atomic E-state index is 0.180. The van der Waals surface area contributed by atoms with E-state index in [1.54, 1.807) is 0 Å². The summed E-state index contributed by atoms with van der Waals surface area (Å²) in [6.07, 6.45) is 6.07. The van der Waals surface area contributed by atoms with Gasteiger partial charge in [-0.3, -0.25) is 4.79 Å². The average molecular weight is 457 g/mol. The normalized spacial score (nSPS) is 19.0. The minimum Gasteiger partial charge on any atom is -0.465 e. The maximum atomic E-state index is 13.3. The van der Waals surface area contributed by atoms with Crippen LogP contribution < -0.4 is 0 Å². The van der Waals surface area contributed by atoms with Crippen LogP contribution in [0.5, 0.6) is 0 Å². The van der Waals surface area contributed by atoms with Gasteiger partial charge in [-0.2, -0.15) is 0 Å². The number of fused-ring (bicyclic) bond motifs is 1. The van der Waals surface area contributed by atoms with Crippen LogP contribution in [0.3, 0.4) is 0 Å². The van der Waals surface area contributed by atoms with Crippen LogP contribution in [-0.4, -0.2) is 38.7 Å². The number of aromatic nitrogens is 1. The zero-order chi connectivity index (χ0) is 22.9. The largest absolute Gasteiger partial charge is 0.465 e. The van der Waals surface area contributed by atoms with Crippen LogP contribution in [0.2, 0.25) is 0 Å². The Labute approximate surface area is 194 Å². The van der Waals surface area contributed by atoms with Crippen LogP contribution in [0.4, 0.5) is 0 Å². The Morgan fingerprint density at radius 3 is 2.62 bits per heavy atom. The second kappa shape index (κ2) is 9.52. The molecule has 0 radical (unpaired) electrons. The molecular formula is C26H36N2O3S. The molecule has 0 N–H and O–H groups in total. The third-order valence-electron chi connectivity index (χ3n) is 6.99. The smallest absolute Gasteiger partial charge is 0.325 e. The maximum absolute atomic E-state index is 13.3. The van der Waals surface area contributed by atoms with Crippen LogP contribution in [-0.2, 0) is 46.3 Å². The lowest BCUT2D eigenvalue weighted by Crippen LogP contribution is -2.25. The Morgan fingerprint density at radius 1 is 1.19 bits per heavy atom. The summed E-state index contributed by atoms with van der Waals surface area (Å²) >= 11 is 0. The molecule has 2 aromatic rings. The quantitative estimate of drug-likeness (QED) is 0.573. The van der Waals surface area contributed by atoms with E-state index < -0.39 is 11.0 Å². The molecule has 4 rings (SSSR count). The topological polar surface area (TPSA) is 51.5 Å². The first kappa shape index (κ1) is 23.2. The summed E-state index contributed by atoms with van der Waals surface area (Å²) in [5.74, 6) is -0.180. The Morgan fingerprint density at radius 2 is 1.91 bits per heavy atom. The highest BCUT2D eigenvalue weighted by atomic mass is 32.2. The number of hydrogen-bond donors (Lipinski definition) is 0. The molecule has 1 fully saturated rings. The molecule has 32 heavy (non-hydrogen) atoms. The van der Waals surface area contributed by atoms with E-state index in [9.17, 15) is 9.00 Å². The molecule has 5 nitrogen and oxygen atoms in total. The molecule has 1 saturated heterocycles. The van der Waals surface area contributed by atoms with Crippen molar-refractivity contribution in [3.8, 4) is 0 Å². The van der Waals surface area contributed by atoms with E-state index in [-0.39, 0.29) is 17.9 Å². The number of rotatable bonds is 7. The van der Waals surface area contributed by atoms with Gasteiger partial charge >= 0.3 is 5.97 Å². The van der Waals surface area contributed by atoms with E-state index in [1.807, 2.05) is 25.1 Å². The number of hydrogen-bond acceptors (Lipinski definition) is 3. The SMILES string of the molecule is CCOC(=O)Cn1c(C)c(Cc2ccccc2S(=O)N2CCCC2)c2c1CCC(C)(C)C2. The second-order valence-corrected chi connectivity index (χ2v) is 11.3. The fraction of sp³-hybridized carbons (Fsp3) is 0.577. The Kier molecular flexibility index (Phi) is 6.91. The van der Waals surface area contributed by atoms with Crippen molar-refractivity contribution in [1.29, 1.82) is 0 Å². The average Bonchev–Trinajstić information content (AvgIpc) is 3.37. The Hall–Kier alpha value is -1.92. The minimum atomic E-state index is -1.12. The third kappa shape index (κ3) is 4.72. The summed E-state index contributed by atoms with van der Waals surface area (Å²) in [5.41, 5.74) is 6.46. The summed E-state index contributed by atoms with van der Waals surface area (Å²) in [6, 6.07) is 8.17. The van der Waals surface area contributed by atoms with Crippen molar-refractivity contribution in [3.63, 3.8) is 0 Å². The number of esters is 1. The van der Waals surface area contributed by atoms with Gasteiger partial charge in [0.05, 0.1) is 11.5 Å². The molecule has 0 bridgehead atoms. The van der Waals surface area contributed by atoms with Gasteiger partial charge in [-0.05, 0) is 74.1 Å². The van der Waals surface area contributed by atoms with Crippen molar-refractivity contribution >= 4 is 17.0 Å². The first-order valence-electron chi connectivity index (χ1n) is 11.9. The molecule has 1 atom stereocenters. The van der Waals surface area contributed by atoms with Gasteiger partial charge in [0.15, 0.2) is 0 Å². The molecule has 0 spiro atoms. The molecule has 1 aromatic heterocycles. The third-order valence-corrected chi connectivity index (χ3v) is 8.60. The van der Waals surface area contributed by atoms with Crippen molar-refractivity contribution < 1.29 is 13.7 Å². The molecule has 174 valence electrons. The molecular weight excluding hydrogens is 420 g/mol. The Balaban J connectivity index is 1.72.